The minimum Gasteiger partial charge on any atom is -0.317 e. The number of allylic oxidation sites excluding steroid dienone is 1. The number of benzene rings is 2. The summed E-state index contributed by atoms with van der Waals surface area (Å²) < 4.78 is 3.07. The largest absolute Gasteiger partial charge is 0.317 e. The Morgan fingerprint density at radius 3 is 2.36 bits per heavy atom. The summed E-state index contributed by atoms with van der Waals surface area (Å²) in [5.41, 5.74) is 3.60. The molecule has 22 heavy (non-hydrogen) atoms. The van der Waals surface area contributed by atoms with Crippen molar-refractivity contribution in [1.29, 1.82) is 5.26 Å². The second-order valence-electron chi connectivity index (χ2n) is 4.82. The first-order chi connectivity index (χ1) is 10.8. The Morgan fingerprint density at radius 2 is 1.68 bits per heavy atom. The Morgan fingerprint density at radius 1 is 0.955 bits per heavy atom. The van der Waals surface area contributed by atoms with Gasteiger partial charge in [-0.2, -0.15) is 5.26 Å². The van der Waals surface area contributed by atoms with E-state index in [2.05, 4.69) is 26.6 Å². The lowest BCUT2D eigenvalue weighted by Gasteiger charge is -2.07. The van der Waals surface area contributed by atoms with Gasteiger partial charge in [-0.15, -0.1) is 0 Å². The highest BCUT2D eigenvalue weighted by atomic mass is 79.9. The molecule has 0 spiro atoms. The predicted octanol–water partition coefficient (Wildman–Crippen LogP) is 5.30. The minimum atomic E-state index is 0.642. The van der Waals surface area contributed by atoms with Gasteiger partial charge < -0.3 is 4.57 Å². The Bertz CT molecular complexity index is 837. The predicted molar refractivity (Wildman–Crippen MR) is 93.4 cm³/mol. The molecule has 0 amide bonds. The van der Waals surface area contributed by atoms with Crippen molar-refractivity contribution in [2.45, 2.75) is 0 Å². The molecule has 0 fully saturated rings. The zero-order valence-corrected chi connectivity index (χ0v) is 13.4. The molecule has 0 bridgehead atoms. The maximum Gasteiger partial charge on any atom is 0.0998 e. The Kier molecular flexibility index (Phi) is 4.22. The topological polar surface area (TPSA) is 28.7 Å². The molecule has 1 aromatic heterocycles. The molecule has 0 unspecified atom stereocenters. The lowest BCUT2D eigenvalue weighted by molar-refractivity contribution is 1.06. The molecule has 3 heteroatoms. The van der Waals surface area contributed by atoms with Crippen LogP contribution < -0.4 is 0 Å². The maximum atomic E-state index is 9.47. The van der Waals surface area contributed by atoms with Gasteiger partial charge in [-0.1, -0.05) is 46.3 Å². The quantitative estimate of drug-likeness (QED) is 0.590. The van der Waals surface area contributed by atoms with Gasteiger partial charge in [0.2, 0.25) is 0 Å². The molecule has 0 saturated carbocycles. The van der Waals surface area contributed by atoms with Gasteiger partial charge in [0.1, 0.15) is 0 Å². The molecule has 3 rings (SSSR count). The van der Waals surface area contributed by atoms with Crippen molar-refractivity contribution in [3.8, 4) is 11.8 Å². The summed E-state index contributed by atoms with van der Waals surface area (Å²) in [6.45, 7) is 0. The average Bonchev–Trinajstić information content (AvgIpc) is 3.02. The summed E-state index contributed by atoms with van der Waals surface area (Å²) in [5.74, 6) is 0. The van der Waals surface area contributed by atoms with Gasteiger partial charge in [0.25, 0.3) is 0 Å². The SMILES string of the molecule is N#C/C(=C/c1cccn1-c1ccccc1)c1ccc(Br)cc1. The molecule has 0 N–H and O–H groups in total. The molecule has 0 atom stereocenters. The number of para-hydroxylation sites is 1. The molecular formula is C19H13BrN2. The minimum absolute atomic E-state index is 0.642. The van der Waals surface area contributed by atoms with E-state index < -0.39 is 0 Å². The van der Waals surface area contributed by atoms with Gasteiger partial charge in [0.15, 0.2) is 0 Å². The van der Waals surface area contributed by atoms with Crippen LogP contribution in [0.1, 0.15) is 11.3 Å². The van der Waals surface area contributed by atoms with E-state index in [4.69, 9.17) is 0 Å². The van der Waals surface area contributed by atoms with Crippen molar-refractivity contribution in [2.24, 2.45) is 0 Å². The Balaban J connectivity index is 2.03. The van der Waals surface area contributed by atoms with Crippen molar-refractivity contribution in [3.63, 3.8) is 0 Å². The van der Waals surface area contributed by atoms with Gasteiger partial charge >= 0.3 is 0 Å². The summed E-state index contributed by atoms with van der Waals surface area (Å²) in [7, 11) is 0. The van der Waals surface area contributed by atoms with Crippen LogP contribution in [0.5, 0.6) is 0 Å². The monoisotopic (exact) mass is 348 g/mol. The van der Waals surface area contributed by atoms with E-state index in [0.29, 0.717) is 5.57 Å². The smallest absolute Gasteiger partial charge is 0.0998 e. The van der Waals surface area contributed by atoms with Crippen LogP contribution >= 0.6 is 15.9 Å². The van der Waals surface area contributed by atoms with Crippen molar-refractivity contribution in [3.05, 3.63) is 88.7 Å². The molecule has 0 radical (unpaired) electrons. The molecule has 3 aromatic rings. The van der Waals surface area contributed by atoms with Gasteiger partial charge in [-0.3, -0.25) is 0 Å². The third-order valence-corrected chi connectivity index (χ3v) is 3.91. The average molecular weight is 349 g/mol. The molecule has 0 aliphatic carbocycles. The second kappa shape index (κ2) is 6.46. The molecule has 0 saturated heterocycles. The number of halogens is 1. The normalized spacial score (nSPS) is 11.2. The fourth-order valence-electron chi connectivity index (χ4n) is 2.29. The van der Waals surface area contributed by atoms with E-state index >= 15 is 0 Å². The number of hydrogen-bond acceptors (Lipinski definition) is 1. The molecule has 2 aromatic carbocycles. The molecule has 106 valence electrons. The lowest BCUT2D eigenvalue weighted by atomic mass is 10.1. The van der Waals surface area contributed by atoms with Crippen LogP contribution in [0, 0.1) is 11.3 Å². The summed E-state index contributed by atoms with van der Waals surface area (Å²) in [4.78, 5) is 0. The molecule has 1 heterocycles. The highest BCUT2D eigenvalue weighted by molar-refractivity contribution is 9.10. The van der Waals surface area contributed by atoms with Crippen LogP contribution in [-0.2, 0) is 0 Å². The number of aromatic nitrogens is 1. The van der Waals surface area contributed by atoms with Gasteiger partial charge in [0.05, 0.1) is 11.6 Å². The van der Waals surface area contributed by atoms with Crippen LogP contribution in [0.2, 0.25) is 0 Å². The summed E-state index contributed by atoms with van der Waals surface area (Å²) in [5, 5.41) is 9.47. The first kappa shape index (κ1) is 14.4. The van der Waals surface area contributed by atoms with Crippen LogP contribution in [0.3, 0.4) is 0 Å². The van der Waals surface area contributed by atoms with E-state index in [1.807, 2.05) is 79.0 Å². The van der Waals surface area contributed by atoms with E-state index in [9.17, 15) is 5.26 Å². The first-order valence-corrected chi connectivity index (χ1v) is 7.68. The second-order valence-corrected chi connectivity index (χ2v) is 5.73. The molecule has 0 aliphatic heterocycles. The van der Waals surface area contributed by atoms with Gasteiger partial charge in [-0.25, -0.2) is 0 Å². The Labute approximate surface area is 138 Å². The summed E-state index contributed by atoms with van der Waals surface area (Å²) in [6, 6.07) is 24.1. The highest BCUT2D eigenvalue weighted by Gasteiger charge is 2.05. The number of nitrogens with zero attached hydrogens (tertiary/aromatic N) is 2. The number of hydrogen-bond donors (Lipinski definition) is 0. The Hall–Kier alpha value is -2.57. The fourth-order valence-corrected chi connectivity index (χ4v) is 2.56. The summed E-state index contributed by atoms with van der Waals surface area (Å²) >= 11 is 3.41. The first-order valence-electron chi connectivity index (χ1n) is 6.88. The molecular weight excluding hydrogens is 336 g/mol. The van der Waals surface area contributed by atoms with E-state index in [1.54, 1.807) is 0 Å². The fraction of sp³-hybridized carbons (Fsp3) is 0. The standard InChI is InChI=1S/C19H13BrN2/c20-17-10-8-15(9-11-17)16(14-21)13-19-7-4-12-22(19)18-5-2-1-3-6-18/h1-13H/b16-13-. The van der Waals surface area contributed by atoms with E-state index in [-0.39, 0.29) is 0 Å². The number of rotatable bonds is 3. The van der Waals surface area contributed by atoms with E-state index in [1.165, 1.54) is 0 Å². The number of nitriles is 1. The van der Waals surface area contributed by atoms with Crippen LogP contribution in [0.25, 0.3) is 17.3 Å². The summed E-state index contributed by atoms with van der Waals surface area (Å²) in [6.07, 6.45) is 3.91. The van der Waals surface area contributed by atoms with Gasteiger partial charge in [-0.05, 0) is 48.0 Å². The lowest BCUT2D eigenvalue weighted by Crippen LogP contribution is -1.94. The van der Waals surface area contributed by atoms with Crippen molar-refractivity contribution >= 4 is 27.6 Å². The van der Waals surface area contributed by atoms with Crippen molar-refractivity contribution in [1.82, 2.24) is 4.57 Å². The van der Waals surface area contributed by atoms with E-state index in [0.717, 1.165) is 21.4 Å². The third-order valence-electron chi connectivity index (χ3n) is 3.38. The zero-order valence-electron chi connectivity index (χ0n) is 11.8. The van der Waals surface area contributed by atoms with Gasteiger partial charge in [0, 0.05) is 22.1 Å². The van der Waals surface area contributed by atoms with Crippen LogP contribution in [0.15, 0.2) is 77.4 Å². The third kappa shape index (κ3) is 3.03. The van der Waals surface area contributed by atoms with Crippen molar-refractivity contribution < 1.29 is 0 Å². The zero-order chi connectivity index (χ0) is 15.4. The van der Waals surface area contributed by atoms with Crippen LogP contribution in [-0.4, -0.2) is 4.57 Å². The molecule has 2 nitrogen and oxygen atoms in total. The molecule has 0 aliphatic rings. The van der Waals surface area contributed by atoms with Crippen molar-refractivity contribution in [2.75, 3.05) is 0 Å². The van der Waals surface area contributed by atoms with Crippen LogP contribution in [0.4, 0.5) is 0 Å². The highest BCUT2D eigenvalue weighted by Crippen LogP contribution is 2.22. The maximum absolute atomic E-state index is 9.47.